The molecule has 1 N–H and O–H groups in total. The van der Waals surface area contributed by atoms with Crippen LogP contribution in [0.5, 0.6) is 0 Å². The molecule has 0 aliphatic rings. The van der Waals surface area contributed by atoms with Crippen molar-refractivity contribution in [1.82, 2.24) is 9.29 Å². The second-order valence-electron chi connectivity index (χ2n) is 5.15. The molecule has 0 saturated carbocycles. The van der Waals surface area contributed by atoms with Gasteiger partial charge in [-0.25, -0.2) is 17.7 Å². The second kappa shape index (κ2) is 6.13. The standard InChI is InChI=1S/C14H19N3O2S2/c1-10(2)15-14-16-13(9-20-14)11-5-7-12(8-6-11)21(18,19)17(3)4/h5-10H,1-4H3,(H,15,16). The van der Waals surface area contributed by atoms with E-state index in [-0.39, 0.29) is 4.90 Å². The van der Waals surface area contributed by atoms with Crippen LogP contribution in [-0.2, 0) is 10.0 Å². The van der Waals surface area contributed by atoms with Gasteiger partial charge in [-0.05, 0) is 26.0 Å². The highest BCUT2D eigenvalue weighted by atomic mass is 32.2. The Kier molecular flexibility index (Phi) is 4.65. The third kappa shape index (κ3) is 3.61. The third-order valence-electron chi connectivity index (χ3n) is 2.84. The maximum Gasteiger partial charge on any atom is 0.242 e. The van der Waals surface area contributed by atoms with E-state index < -0.39 is 10.0 Å². The van der Waals surface area contributed by atoms with Crippen LogP contribution in [0.4, 0.5) is 5.13 Å². The predicted molar refractivity (Wildman–Crippen MR) is 87.2 cm³/mol. The van der Waals surface area contributed by atoms with Crippen LogP contribution in [-0.4, -0.2) is 37.8 Å². The van der Waals surface area contributed by atoms with Crippen LogP contribution in [0.15, 0.2) is 34.5 Å². The van der Waals surface area contributed by atoms with Gasteiger partial charge in [-0.3, -0.25) is 0 Å². The normalized spacial score (nSPS) is 12.1. The summed E-state index contributed by atoms with van der Waals surface area (Å²) >= 11 is 1.54. The summed E-state index contributed by atoms with van der Waals surface area (Å²) in [5, 5.41) is 6.07. The Bertz CT molecular complexity index is 704. The number of rotatable bonds is 5. The monoisotopic (exact) mass is 325 g/mol. The van der Waals surface area contributed by atoms with Crippen molar-refractivity contribution in [2.45, 2.75) is 24.8 Å². The van der Waals surface area contributed by atoms with Crippen molar-refractivity contribution in [3.63, 3.8) is 0 Å². The van der Waals surface area contributed by atoms with E-state index in [1.165, 1.54) is 29.7 Å². The molecule has 1 heterocycles. The third-order valence-corrected chi connectivity index (χ3v) is 5.45. The quantitative estimate of drug-likeness (QED) is 0.918. The van der Waals surface area contributed by atoms with Crippen LogP contribution in [0.2, 0.25) is 0 Å². The molecule has 0 aliphatic heterocycles. The largest absolute Gasteiger partial charge is 0.359 e. The fourth-order valence-electron chi connectivity index (χ4n) is 1.73. The molecule has 5 nitrogen and oxygen atoms in total. The molecule has 2 rings (SSSR count). The number of aromatic nitrogens is 1. The Balaban J connectivity index is 2.25. The molecule has 0 amide bonds. The lowest BCUT2D eigenvalue weighted by molar-refractivity contribution is 0.521. The average Bonchev–Trinajstić information content (AvgIpc) is 2.86. The van der Waals surface area contributed by atoms with Gasteiger partial charge in [0, 0.05) is 31.1 Å². The highest BCUT2D eigenvalue weighted by Gasteiger charge is 2.17. The number of nitrogens with zero attached hydrogens (tertiary/aromatic N) is 2. The summed E-state index contributed by atoms with van der Waals surface area (Å²) in [6.07, 6.45) is 0. The van der Waals surface area contributed by atoms with Gasteiger partial charge in [0.1, 0.15) is 0 Å². The maximum absolute atomic E-state index is 12.0. The van der Waals surface area contributed by atoms with E-state index >= 15 is 0 Å². The lowest BCUT2D eigenvalue weighted by Gasteiger charge is -2.11. The SMILES string of the molecule is CC(C)Nc1nc(-c2ccc(S(=O)(=O)N(C)C)cc2)cs1. The van der Waals surface area contributed by atoms with Crippen LogP contribution in [0.3, 0.4) is 0 Å². The van der Waals surface area contributed by atoms with Gasteiger partial charge in [0.25, 0.3) is 0 Å². The van der Waals surface area contributed by atoms with Crippen LogP contribution >= 0.6 is 11.3 Å². The maximum atomic E-state index is 12.0. The molecule has 1 aromatic heterocycles. The minimum absolute atomic E-state index is 0.284. The fraction of sp³-hybridized carbons (Fsp3) is 0.357. The van der Waals surface area contributed by atoms with E-state index in [2.05, 4.69) is 24.1 Å². The molecule has 0 radical (unpaired) electrons. The summed E-state index contributed by atoms with van der Waals surface area (Å²) < 4.78 is 25.2. The van der Waals surface area contributed by atoms with Crippen molar-refractivity contribution in [2.24, 2.45) is 0 Å². The summed E-state index contributed by atoms with van der Waals surface area (Å²) in [6.45, 7) is 4.12. The van der Waals surface area contributed by atoms with Gasteiger partial charge in [-0.15, -0.1) is 11.3 Å². The van der Waals surface area contributed by atoms with Crippen molar-refractivity contribution in [3.8, 4) is 11.3 Å². The van der Waals surface area contributed by atoms with Crippen LogP contribution in [0.1, 0.15) is 13.8 Å². The molecule has 2 aromatic rings. The Morgan fingerprint density at radius 2 is 1.81 bits per heavy atom. The number of benzene rings is 1. The number of hydrogen-bond acceptors (Lipinski definition) is 5. The average molecular weight is 325 g/mol. The zero-order chi connectivity index (χ0) is 15.6. The Labute approximate surface area is 129 Å². The van der Waals surface area contributed by atoms with E-state index in [0.717, 1.165) is 16.4 Å². The Morgan fingerprint density at radius 3 is 2.33 bits per heavy atom. The molecule has 0 unspecified atom stereocenters. The lowest BCUT2D eigenvalue weighted by atomic mass is 10.2. The topological polar surface area (TPSA) is 62.3 Å². The van der Waals surface area contributed by atoms with Gasteiger partial charge in [-0.2, -0.15) is 0 Å². The Morgan fingerprint density at radius 1 is 1.19 bits per heavy atom. The first-order valence-corrected chi connectivity index (χ1v) is 8.87. The van der Waals surface area contributed by atoms with Gasteiger partial charge in [-0.1, -0.05) is 12.1 Å². The number of anilines is 1. The number of nitrogens with one attached hydrogen (secondary N) is 1. The van der Waals surface area contributed by atoms with Crippen LogP contribution in [0.25, 0.3) is 11.3 Å². The van der Waals surface area contributed by atoms with Crippen molar-refractivity contribution >= 4 is 26.5 Å². The van der Waals surface area contributed by atoms with E-state index in [1.807, 2.05) is 5.38 Å². The summed E-state index contributed by atoms with van der Waals surface area (Å²) in [7, 11) is -0.341. The van der Waals surface area contributed by atoms with Gasteiger partial charge in [0.2, 0.25) is 10.0 Å². The summed E-state index contributed by atoms with van der Waals surface area (Å²) in [6, 6.07) is 7.12. The van der Waals surface area contributed by atoms with Gasteiger partial charge in [0.05, 0.1) is 10.6 Å². The summed E-state index contributed by atoms with van der Waals surface area (Å²) in [5.41, 5.74) is 1.75. The minimum atomic E-state index is -3.38. The molecule has 0 bridgehead atoms. The van der Waals surface area contributed by atoms with E-state index in [0.29, 0.717) is 6.04 Å². The van der Waals surface area contributed by atoms with Gasteiger partial charge in [0.15, 0.2) is 5.13 Å². The molecule has 21 heavy (non-hydrogen) atoms. The molecule has 1 aromatic carbocycles. The zero-order valence-electron chi connectivity index (χ0n) is 12.5. The Hall–Kier alpha value is -1.44. The molecule has 0 saturated heterocycles. The molecular weight excluding hydrogens is 306 g/mol. The van der Waals surface area contributed by atoms with Crippen molar-refractivity contribution in [2.75, 3.05) is 19.4 Å². The molecular formula is C14H19N3O2S2. The first-order valence-electron chi connectivity index (χ1n) is 6.55. The van der Waals surface area contributed by atoms with Crippen molar-refractivity contribution in [3.05, 3.63) is 29.6 Å². The lowest BCUT2D eigenvalue weighted by Crippen LogP contribution is -2.22. The first kappa shape index (κ1) is 15.9. The minimum Gasteiger partial charge on any atom is -0.359 e. The van der Waals surface area contributed by atoms with E-state index in [4.69, 9.17) is 0 Å². The molecule has 0 spiro atoms. The summed E-state index contributed by atoms with van der Waals surface area (Å²) in [5.74, 6) is 0. The van der Waals surface area contributed by atoms with Crippen LogP contribution in [0, 0.1) is 0 Å². The summed E-state index contributed by atoms with van der Waals surface area (Å²) in [4.78, 5) is 4.78. The van der Waals surface area contributed by atoms with Gasteiger partial charge >= 0.3 is 0 Å². The molecule has 0 atom stereocenters. The zero-order valence-corrected chi connectivity index (χ0v) is 14.1. The number of thiazole rings is 1. The number of hydrogen-bond donors (Lipinski definition) is 1. The molecule has 114 valence electrons. The van der Waals surface area contributed by atoms with E-state index in [9.17, 15) is 8.42 Å². The highest BCUT2D eigenvalue weighted by molar-refractivity contribution is 7.89. The van der Waals surface area contributed by atoms with E-state index in [1.54, 1.807) is 24.3 Å². The predicted octanol–water partition coefficient (Wildman–Crippen LogP) is 2.88. The molecule has 7 heteroatoms. The molecule has 0 fully saturated rings. The molecule has 0 aliphatic carbocycles. The van der Waals surface area contributed by atoms with Crippen molar-refractivity contribution in [1.29, 1.82) is 0 Å². The van der Waals surface area contributed by atoms with Gasteiger partial charge < -0.3 is 5.32 Å². The highest BCUT2D eigenvalue weighted by Crippen LogP contribution is 2.26. The van der Waals surface area contributed by atoms with Crippen LogP contribution < -0.4 is 5.32 Å². The first-order chi connectivity index (χ1) is 9.80. The second-order valence-corrected chi connectivity index (χ2v) is 8.16. The fourth-order valence-corrected chi connectivity index (χ4v) is 3.50. The smallest absolute Gasteiger partial charge is 0.242 e. The number of sulfonamides is 1. The van der Waals surface area contributed by atoms with Crippen molar-refractivity contribution < 1.29 is 8.42 Å².